The molecule has 1 aromatic heterocycles. The van der Waals surface area contributed by atoms with Crippen LogP contribution in [0.25, 0.3) is 0 Å². The van der Waals surface area contributed by atoms with E-state index in [0.29, 0.717) is 17.8 Å². The maximum Gasteiger partial charge on any atom is 0.355 e. The minimum atomic E-state index is -0.584. The van der Waals surface area contributed by atoms with Gasteiger partial charge in [-0.3, -0.25) is 4.79 Å². The average Bonchev–Trinajstić information content (AvgIpc) is 3.01. The number of hydrogen-bond donors (Lipinski definition) is 2. The molecule has 0 unspecified atom stereocenters. The summed E-state index contributed by atoms with van der Waals surface area (Å²) in [5.41, 5.74) is 1.75. The van der Waals surface area contributed by atoms with Crippen LogP contribution in [0.1, 0.15) is 16.1 Å². The smallest absolute Gasteiger partial charge is 0.355 e. The number of H-pyrrole nitrogens is 1. The zero-order chi connectivity index (χ0) is 15.1. The molecule has 0 saturated carbocycles. The van der Waals surface area contributed by atoms with E-state index in [1.165, 1.54) is 0 Å². The maximum absolute atomic E-state index is 11.6. The summed E-state index contributed by atoms with van der Waals surface area (Å²) in [6, 6.07) is 12.2. The number of ether oxygens (including phenoxy) is 1. The van der Waals surface area contributed by atoms with Crippen molar-refractivity contribution in [3.8, 4) is 6.07 Å². The van der Waals surface area contributed by atoms with E-state index >= 15 is 0 Å². The topological polar surface area (TPSA) is 95.0 Å². The lowest BCUT2D eigenvalue weighted by Gasteiger charge is -2.06. The van der Waals surface area contributed by atoms with Crippen molar-refractivity contribution >= 4 is 17.6 Å². The Balaban J connectivity index is 1.82. The quantitative estimate of drug-likeness (QED) is 0.819. The Bertz CT molecular complexity index is 654. The molecule has 2 aromatic rings. The van der Waals surface area contributed by atoms with E-state index in [1.807, 2.05) is 6.07 Å². The Morgan fingerprint density at radius 3 is 2.62 bits per heavy atom. The van der Waals surface area contributed by atoms with Crippen LogP contribution in [-0.4, -0.2) is 23.5 Å². The van der Waals surface area contributed by atoms with Gasteiger partial charge in [-0.1, -0.05) is 12.1 Å². The summed E-state index contributed by atoms with van der Waals surface area (Å²) in [5, 5.41) is 11.2. The number of aromatic amines is 1. The van der Waals surface area contributed by atoms with Crippen LogP contribution in [0.2, 0.25) is 0 Å². The van der Waals surface area contributed by atoms with E-state index < -0.39 is 11.9 Å². The Labute approximate surface area is 121 Å². The van der Waals surface area contributed by atoms with Crippen molar-refractivity contribution in [1.29, 1.82) is 5.26 Å². The van der Waals surface area contributed by atoms with Crippen LogP contribution < -0.4 is 5.32 Å². The minimum absolute atomic E-state index is 0.295. The summed E-state index contributed by atoms with van der Waals surface area (Å²) >= 11 is 0. The van der Waals surface area contributed by atoms with Gasteiger partial charge in [0.2, 0.25) is 0 Å². The van der Waals surface area contributed by atoms with Crippen molar-refractivity contribution in [2.45, 2.75) is 6.42 Å². The number of nitrogens with zero attached hydrogens (tertiary/aromatic N) is 1. The number of nitriles is 1. The van der Waals surface area contributed by atoms with Crippen LogP contribution in [-0.2, 0) is 16.0 Å². The Morgan fingerprint density at radius 2 is 2.00 bits per heavy atom. The SMILES string of the molecule is N#CCc1ccc(NC(=O)COC(=O)c2ccc[nH]2)cc1. The molecule has 2 rings (SSSR count). The van der Waals surface area contributed by atoms with Crippen molar-refractivity contribution in [2.24, 2.45) is 0 Å². The second-order valence-corrected chi connectivity index (χ2v) is 4.24. The fraction of sp³-hybridized carbons (Fsp3) is 0.133. The lowest BCUT2D eigenvalue weighted by atomic mass is 10.1. The second kappa shape index (κ2) is 6.91. The number of hydrogen-bond acceptors (Lipinski definition) is 4. The van der Waals surface area contributed by atoms with Crippen LogP contribution in [0.15, 0.2) is 42.6 Å². The number of amides is 1. The normalized spacial score (nSPS) is 9.67. The van der Waals surface area contributed by atoms with Gasteiger partial charge < -0.3 is 15.0 Å². The van der Waals surface area contributed by atoms with Crippen LogP contribution in [0.3, 0.4) is 0 Å². The third kappa shape index (κ3) is 4.21. The van der Waals surface area contributed by atoms with Gasteiger partial charge in [0.25, 0.3) is 5.91 Å². The highest BCUT2D eigenvalue weighted by molar-refractivity contribution is 5.94. The van der Waals surface area contributed by atoms with Gasteiger partial charge in [0.05, 0.1) is 12.5 Å². The number of carbonyl (C=O) groups excluding carboxylic acids is 2. The van der Waals surface area contributed by atoms with Gasteiger partial charge in [-0.05, 0) is 29.8 Å². The molecule has 0 fully saturated rings. The molecule has 1 amide bonds. The van der Waals surface area contributed by atoms with Crippen molar-refractivity contribution in [3.63, 3.8) is 0 Å². The summed E-state index contributed by atoms with van der Waals surface area (Å²) in [7, 11) is 0. The molecule has 2 N–H and O–H groups in total. The van der Waals surface area contributed by atoms with Crippen LogP contribution in [0, 0.1) is 11.3 Å². The summed E-state index contributed by atoms with van der Waals surface area (Å²) in [6.07, 6.45) is 1.92. The third-order valence-electron chi connectivity index (χ3n) is 2.67. The van der Waals surface area contributed by atoms with Crippen LogP contribution >= 0.6 is 0 Å². The molecule has 0 atom stereocenters. The Morgan fingerprint density at radius 1 is 1.24 bits per heavy atom. The first-order valence-corrected chi connectivity index (χ1v) is 6.25. The summed E-state index contributed by atoms with van der Waals surface area (Å²) in [6.45, 7) is -0.363. The molecule has 0 bridgehead atoms. The second-order valence-electron chi connectivity index (χ2n) is 4.24. The maximum atomic E-state index is 11.6. The Kier molecular flexibility index (Phi) is 4.72. The van der Waals surface area contributed by atoms with Gasteiger partial charge in [0, 0.05) is 11.9 Å². The molecule has 1 heterocycles. The predicted molar refractivity (Wildman–Crippen MR) is 75.5 cm³/mol. The van der Waals surface area contributed by atoms with Crippen molar-refractivity contribution in [1.82, 2.24) is 4.98 Å². The highest BCUT2D eigenvalue weighted by Crippen LogP contribution is 2.09. The summed E-state index contributed by atoms with van der Waals surface area (Å²) < 4.78 is 4.86. The van der Waals surface area contributed by atoms with Crippen molar-refractivity contribution < 1.29 is 14.3 Å². The first-order valence-electron chi connectivity index (χ1n) is 6.25. The molecule has 0 aliphatic rings. The van der Waals surface area contributed by atoms with Gasteiger partial charge in [0.15, 0.2) is 6.61 Å². The van der Waals surface area contributed by atoms with E-state index in [2.05, 4.69) is 10.3 Å². The number of carbonyl (C=O) groups is 2. The minimum Gasteiger partial charge on any atom is -0.451 e. The highest BCUT2D eigenvalue weighted by atomic mass is 16.5. The van der Waals surface area contributed by atoms with E-state index in [0.717, 1.165) is 5.56 Å². The Hall–Kier alpha value is -3.07. The standard InChI is InChI=1S/C15H13N3O3/c16-8-7-11-3-5-12(6-4-11)18-14(19)10-21-15(20)13-2-1-9-17-13/h1-6,9,17H,7,10H2,(H,18,19). The summed E-state index contributed by atoms with van der Waals surface area (Å²) in [5.74, 6) is -1.01. The molecule has 6 nitrogen and oxygen atoms in total. The number of nitrogens with one attached hydrogen (secondary N) is 2. The van der Waals surface area contributed by atoms with Gasteiger partial charge in [0.1, 0.15) is 5.69 Å². The van der Waals surface area contributed by atoms with Crippen LogP contribution in [0.5, 0.6) is 0 Å². The van der Waals surface area contributed by atoms with E-state index in [9.17, 15) is 9.59 Å². The highest BCUT2D eigenvalue weighted by Gasteiger charge is 2.10. The number of aromatic nitrogens is 1. The molecule has 0 aliphatic heterocycles. The predicted octanol–water partition coefficient (Wildman–Crippen LogP) is 1.88. The molecule has 21 heavy (non-hydrogen) atoms. The molecule has 0 aliphatic carbocycles. The molecule has 0 saturated heterocycles. The lowest BCUT2D eigenvalue weighted by Crippen LogP contribution is -2.21. The molecule has 1 aromatic carbocycles. The van der Waals surface area contributed by atoms with E-state index in [4.69, 9.17) is 10.00 Å². The largest absolute Gasteiger partial charge is 0.451 e. The molecule has 106 valence electrons. The van der Waals surface area contributed by atoms with Crippen LogP contribution in [0.4, 0.5) is 5.69 Å². The molecule has 0 radical (unpaired) electrons. The number of anilines is 1. The number of benzene rings is 1. The van der Waals surface area contributed by atoms with Gasteiger partial charge in [-0.25, -0.2) is 4.79 Å². The summed E-state index contributed by atoms with van der Waals surface area (Å²) in [4.78, 5) is 25.9. The van der Waals surface area contributed by atoms with Gasteiger partial charge in [-0.2, -0.15) is 5.26 Å². The molecule has 6 heteroatoms. The molecule has 0 spiro atoms. The zero-order valence-electron chi connectivity index (χ0n) is 11.1. The number of esters is 1. The zero-order valence-corrected chi connectivity index (χ0v) is 11.1. The average molecular weight is 283 g/mol. The fourth-order valence-corrected chi connectivity index (χ4v) is 1.66. The van der Waals surface area contributed by atoms with Gasteiger partial charge in [-0.15, -0.1) is 0 Å². The van der Waals surface area contributed by atoms with E-state index in [1.54, 1.807) is 42.6 Å². The first-order chi connectivity index (χ1) is 10.2. The first kappa shape index (κ1) is 14.3. The molecular formula is C15H13N3O3. The number of rotatable bonds is 5. The fourth-order valence-electron chi connectivity index (χ4n) is 1.66. The monoisotopic (exact) mass is 283 g/mol. The third-order valence-corrected chi connectivity index (χ3v) is 2.67. The van der Waals surface area contributed by atoms with E-state index in [-0.39, 0.29) is 6.61 Å². The van der Waals surface area contributed by atoms with Crippen molar-refractivity contribution in [3.05, 3.63) is 53.9 Å². The molecular weight excluding hydrogens is 270 g/mol. The lowest BCUT2D eigenvalue weighted by molar-refractivity contribution is -0.119. The van der Waals surface area contributed by atoms with Gasteiger partial charge >= 0.3 is 5.97 Å². The van der Waals surface area contributed by atoms with Crippen molar-refractivity contribution in [2.75, 3.05) is 11.9 Å².